The van der Waals surface area contributed by atoms with Crippen LogP contribution in [0.5, 0.6) is 5.75 Å². The fraction of sp³-hybridized carbons (Fsp3) is 0.235. The molecule has 8 nitrogen and oxygen atoms in total. The summed E-state index contributed by atoms with van der Waals surface area (Å²) in [5.41, 5.74) is 9.83. The maximum absolute atomic E-state index is 7.37. The van der Waals surface area contributed by atoms with Gasteiger partial charge in [-0.15, -0.1) is 0 Å². The lowest BCUT2D eigenvalue weighted by Gasteiger charge is -2.12. The first-order valence-electron chi connectivity index (χ1n) is 7.74. The van der Waals surface area contributed by atoms with Gasteiger partial charge in [-0.3, -0.25) is 0 Å². The highest BCUT2D eigenvalue weighted by Gasteiger charge is 2.16. The number of benzene rings is 1. The summed E-state index contributed by atoms with van der Waals surface area (Å²) >= 11 is 0. The number of nitrogens with one attached hydrogen (secondary N) is 2. The van der Waals surface area contributed by atoms with Gasteiger partial charge in [-0.1, -0.05) is 5.16 Å². The van der Waals surface area contributed by atoms with Crippen molar-refractivity contribution in [1.29, 1.82) is 5.53 Å². The standard InChI is InChI=1S/C17H18N6O2/c1-10(2)20-12-7-6-11(9-13(12)22-18)17-21-16(23-25-17)15-14(24-3)5-4-8-19-15/h4-10,18,20H,1-3H3. The normalized spacial score (nSPS) is 10.7. The van der Waals surface area contributed by atoms with Gasteiger partial charge in [0.25, 0.3) is 5.89 Å². The van der Waals surface area contributed by atoms with E-state index in [2.05, 4.69) is 25.6 Å². The fourth-order valence-electron chi connectivity index (χ4n) is 2.35. The highest BCUT2D eigenvalue weighted by Crippen LogP contribution is 2.32. The van der Waals surface area contributed by atoms with E-state index in [-0.39, 0.29) is 6.04 Å². The third kappa shape index (κ3) is 3.47. The molecule has 128 valence electrons. The second-order valence-electron chi connectivity index (χ2n) is 5.62. The van der Waals surface area contributed by atoms with Gasteiger partial charge in [0, 0.05) is 17.8 Å². The third-order valence-electron chi connectivity index (χ3n) is 3.44. The molecule has 1 aromatic carbocycles. The van der Waals surface area contributed by atoms with Crippen LogP contribution in [0.15, 0.2) is 46.2 Å². The van der Waals surface area contributed by atoms with E-state index in [0.29, 0.717) is 34.4 Å². The minimum Gasteiger partial charge on any atom is -0.494 e. The van der Waals surface area contributed by atoms with Crippen molar-refractivity contribution in [2.24, 2.45) is 5.11 Å². The molecular weight excluding hydrogens is 320 g/mol. The van der Waals surface area contributed by atoms with Crippen molar-refractivity contribution in [3.63, 3.8) is 0 Å². The van der Waals surface area contributed by atoms with Crippen LogP contribution in [0.4, 0.5) is 11.4 Å². The molecule has 25 heavy (non-hydrogen) atoms. The van der Waals surface area contributed by atoms with E-state index < -0.39 is 0 Å². The van der Waals surface area contributed by atoms with Crippen molar-refractivity contribution in [2.45, 2.75) is 19.9 Å². The summed E-state index contributed by atoms with van der Waals surface area (Å²) in [7, 11) is 1.56. The third-order valence-corrected chi connectivity index (χ3v) is 3.44. The van der Waals surface area contributed by atoms with E-state index in [9.17, 15) is 0 Å². The number of methoxy groups -OCH3 is 1. The van der Waals surface area contributed by atoms with Crippen molar-refractivity contribution in [3.8, 4) is 28.7 Å². The number of aromatic nitrogens is 3. The van der Waals surface area contributed by atoms with Crippen LogP contribution in [0.25, 0.3) is 23.0 Å². The molecule has 0 fully saturated rings. The number of rotatable bonds is 6. The van der Waals surface area contributed by atoms with Crippen LogP contribution in [0.1, 0.15) is 13.8 Å². The number of ether oxygens (including phenoxy) is 1. The number of pyridine rings is 1. The largest absolute Gasteiger partial charge is 0.494 e. The Balaban J connectivity index is 1.96. The molecule has 0 saturated heterocycles. The van der Waals surface area contributed by atoms with Crippen molar-refractivity contribution in [3.05, 3.63) is 36.5 Å². The monoisotopic (exact) mass is 338 g/mol. The smallest absolute Gasteiger partial charge is 0.258 e. The van der Waals surface area contributed by atoms with Crippen molar-refractivity contribution in [2.75, 3.05) is 12.4 Å². The molecule has 0 amide bonds. The van der Waals surface area contributed by atoms with Crippen LogP contribution in [-0.2, 0) is 0 Å². The van der Waals surface area contributed by atoms with Gasteiger partial charge in [-0.25, -0.2) is 10.5 Å². The van der Waals surface area contributed by atoms with Crippen LogP contribution in [0.2, 0.25) is 0 Å². The maximum Gasteiger partial charge on any atom is 0.258 e. The Kier molecular flexibility index (Phi) is 4.69. The predicted molar refractivity (Wildman–Crippen MR) is 93.1 cm³/mol. The quantitative estimate of drug-likeness (QED) is 0.649. The van der Waals surface area contributed by atoms with E-state index >= 15 is 0 Å². The minimum atomic E-state index is 0.234. The molecule has 0 spiro atoms. The van der Waals surface area contributed by atoms with Crippen LogP contribution in [-0.4, -0.2) is 28.3 Å². The molecule has 8 heteroatoms. The van der Waals surface area contributed by atoms with E-state index in [4.69, 9.17) is 14.8 Å². The molecule has 3 rings (SSSR count). The zero-order valence-electron chi connectivity index (χ0n) is 14.1. The molecule has 2 heterocycles. The maximum atomic E-state index is 7.37. The summed E-state index contributed by atoms with van der Waals surface area (Å²) in [5, 5.41) is 10.8. The zero-order chi connectivity index (χ0) is 17.8. The van der Waals surface area contributed by atoms with Crippen LogP contribution >= 0.6 is 0 Å². The molecule has 0 aliphatic heterocycles. The summed E-state index contributed by atoms with van der Waals surface area (Å²) in [5.74, 6) is 1.22. The number of anilines is 1. The molecular formula is C17H18N6O2. The summed E-state index contributed by atoms with van der Waals surface area (Å²) in [6.07, 6.45) is 1.64. The number of hydrogen-bond acceptors (Lipinski definition) is 8. The Morgan fingerprint density at radius 1 is 1.28 bits per heavy atom. The highest BCUT2D eigenvalue weighted by atomic mass is 16.5. The lowest BCUT2D eigenvalue weighted by atomic mass is 10.1. The molecule has 3 aromatic rings. The molecule has 0 aliphatic carbocycles. The van der Waals surface area contributed by atoms with E-state index in [1.807, 2.05) is 26.0 Å². The highest BCUT2D eigenvalue weighted by molar-refractivity contribution is 5.73. The molecule has 0 saturated carbocycles. The minimum absolute atomic E-state index is 0.234. The van der Waals surface area contributed by atoms with Gasteiger partial charge in [-0.2, -0.15) is 10.1 Å². The lowest BCUT2D eigenvalue weighted by Crippen LogP contribution is -2.09. The summed E-state index contributed by atoms with van der Waals surface area (Å²) in [4.78, 5) is 8.62. The SMILES string of the molecule is COc1cccnc1-c1noc(-c2ccc(NC(C)C)c(N=N)c2)n1. The van der Waals surface area contributed by atoms with E-state index in [0.717, 1.165) is 5.69 Å². The van der Waals surface area contributed by atoms with Crippen LogP contribution < -0.4 is 10.1 Å². The average molecular weight is 338 g/mol. The van der Waals surface area contributed by atoms with E-state index in [1.165, 1.54) is 0 Å². The number of nitrogens with zero attached hydrogens (tertiary/aromatic N) is 4. The van der Waals surface area contributed by atoms with Gasteiger partial charge >= 0.3 is 0 Å². The number of hydrogen-bond donors (Lipinski definition) is 2. The Morgan fingerprint density at radius 2 is 2.12 bits per heavy atom. The second kappa shape index (κ2) is 7.08. The summed E-state index contributed by atoms with van der Waals surface area (Å²) in [6, 6.07) is 9.19. The van der Waals surface area contributed by atoms with E-state index in [1.54, 1.807) is 31.5 Å². The van der Waals surface area contributed by atoms with Crippen LogP contribution in [0, 0.1) is 5.53 Å². The van der Waals surface area contributed by atoms with Gasteiger partial charge in [-0.05, 0) is 44.2 Å². The van der Waals surface area contributed by atoms with Crippen molar-refractivity contribution in [1.82, 2.24) is 15.1 Å². The summed E-state index contributed by atoms with van der Waals surface area (Å²) in [6.45, 7) is 4.04. The van der Waals surface area contributed by atoms with Crippen molar-refractivity contribution < 1.29 is 9.26 Å². The molecule has 2 N–H and O–H groups in total. The molecule has 0 bridgehead atoms. The summed E-state index contributed by atoms with van der Waals surface area (Å²) < 4.78 is 10.6. The Morgan fingerprint density at radius 3 is 2.84 bits per heavy atom. The fourth-order valence-corrected chi connectivity index (χ4v) is 2.35. The first-order valence-corrected chi connectivity index (χ1v) is 7.74. The zero-order valence-corrected chi connectivity index (χ0v) is 14.1. The molecule has 0 aliphatic rings. The van der Waals surface area contributed by atoms with Gasteiger partial charge < -0.3 is 14.6 Å². The van der Waals surface area contributed by atoms with Gasteiger partial charge in [0.05, 0.1) is 12.8 Å². The Labute approximate surface area is 144 Å². The molecule has 0 radical (unpaired) electrons. The Bertz CT molecular complexity index is 890. The first-order chi connectivity index (χ1) is 12.1. The second-order valence-corrected chi connectivity index (χ2v) is 5.62. The Hall–Kier alpha value is -3.29. The average Bonchev–Trinajstić information content (AvgIpc) is 3.11. The molecule has 0 atom stereocenters. The van der Waals surface area contributed by atoms with Gasteiger partial charge in [0.15, 0.2) is 5.69 Å². The molecule has 0 unspecified atom stereocenters. The van der Waals surface area contributed by atoms with Crippen LogP contribution in [0.3, 0.4) is 0 Å². The lowest BCUT2D eigenvalue weighted by molar-refractivity contribution is 0.411. The van der Waals surface area contributed by atoms with Gasteiger partial charge in [0.1, 0.15) is 11.4 Å². The first kappa shape index (κ1) is 16.6. The van der Waals surface area contributed by atoms with Crippen molar-refractivity contribution >= 4 is 11.4 Å². The topological polar surface area (TPSA) is 109 Å². The van der Waals surface area contributed by atoms with Gasteiger partial charge in [0.2, 0.25) is 5.82 Å². The molecule has 2 aromatic heterocycles. The predicted octanol–water partition coefficient (Wildman–Crippen LogP) is 4.29.